The fourth-order valence-electron chi connectivity index (χ4n) is 3.46. The maximum atomic E-state index is 13.5. The third kappa shape index (κ3) is 6.34. The van der Waals surface area contributed by atoms with Gasteiger partial charge in [-0.25, -0.2) is 0 Å². The molecule has 0 spiro atoms. The van der Waals surface area contributed by atoms with Gasteiger partial charge in [0.25, 0.3) is 5.91 Å². The summed E-state index contributed by atoms with van der Waals surface area (Å²) in [5, 5.41) is 2.54. The Morgan fingerprint density at radius 1 is 0.818 bits per heavy atom. The van der Waals surface area contributed by atoms with Gasteiger partial charge in [0.2, 0.25) is 5.91 Å². The van der Waals surface area contributed by atoms with E-state index in [2.05, 4.69) is 0 Å². The first-order chi connectivity index (χ1) is 16.1. The summed E-state index contributed by atoms with van der Waals surface area (Å²) in [5.74, 6) is 0.214. The van der Waals surface area contributed by atoms with Gasteiger partial charge in [-0.1, -0.05) is 48.0 Å². The fraction of sp³-hybridized carbons (Fsp3) is 0.154. The topological polar surface area (TPSA) is 53.8 Å². The number of nitrogens with zero attached hydrogens (tertiary/aromatic N) is 2. The predicted octanol–water partition coefficient (Wildman–Crippen LogP) is 5.87. The highest BCUT2D eigenvalue weighted by atomic mass is 35.5. The van der Waals surface area contributed by atoms with Crippen molar-refractivity contribution >= 4 is 34.8 Å². The molecule has 0 N–H and O–H groups in total. The van der Waals surface area contributed by atoms with E-state index < -0.39 is 0 Å². The second kappa shape index (κ2) is 11.0. The van der Waals surface area contributed by atoms with Gasteiger partial charge in [-0.15, -0.1) is 11.3 Å². The molecule has 0 bridgehead atoms. The lowest BCUT2D eigenvalue weighted by molar-refractivity contribution is -0.133. The van der Waals surface area contributed by atoms with Crippen LogP contribution in [0, 0.1) is 0 Å². The molecule has 0 aliphatic rings. The van der Waals surface area contributed by atoms with E-state index in [0.717, 1.165) is 10.4 Å². The van der Waals surface area contributed by atoms with Crippen LogP contribution in [-0.2, 0) is 24.4 Å². The summed E-state index contributed by atoms with van der Waals surface area (Å²) in [5.41, 5.74) is 1.50. The molecule has 4 aromatic rings. The Morgan fingerprint density at radius 2 is 1.61 bits per heavy atom. The summed E-state index contributed by atoms with van der Waals surface area (Å²) in [7, 11) is 0. The largest absolute Gasteiger partial charge is 0.467 e. The Balaban J connectivity index is 1.56. The van der Waals surface area contributed by atoms with Crippen molar-refractivity contribution in [2.24, 2.45) is 0 Å². The lowest BCUT2D eigenvalue weighted by atomic mass is 10.2. The molecule has 4 rings (SSSR count). The van der Waals surface area contributed by atoms with Crippen molar-refractivity contribution in [2.75, 3.05) is 6.54 Å². The Labute approximate surface area is 201 Å². The number of carbonyl (C=O) groups is 2. The standard InChI is InChI=1S/C26H23ClN2O3S/c27-22-12-10-21(11-13-22)26(31)29(17-23-8-4-14-32-23)19-25(30)28(18-24-9-5-15-33-24)16-20-6-2-1-3-7-20/h1-15H,16-19H2. The smallest absolute Gasteiger partial charge is 0.254 e. The number of thiophene rings is 1. The van der Waals surface area contributed by atoms with Crippen LogP contribution in [0.15, 0.2) is 94.9 Å². The Hall–Kier alpha value is -3.35. The number of hydrogen-bond donors (Lipinski definition) is 0. The third-order valence-corrected chi connectivity index (χ3v) is 6.24. The number of rotatable bonds is 9. The monoisotopic (exact) mass is 478 g/mol. The Kier molecular flexibility index (Phi) is 7.60. The van der Waals surface area contributed by atoms with Crippen LogP contribution in [-0.4, -0.2) is 28.2 Å². The van der Waals surface area contributed by atoms with Crippen LogP contribution < -0.4 is 0 Å². The molecule has 0 aliphatic heterocycles. The van der Waals surface area contributed by atoms with Crippen molar-refractivity contribution in [3.05, 3.63) is 117 Å². The zero-order valence-electron chi connectivity index (χ0n) is 17.9. The zero-order valence-corrected chi connectivity index (χ0v) is 19.5. The quantitative estimate of drug-likeness (QED) is 0.302. The molecular weight excluding hydrogens is 456 g/mol. The Bertz CT molecular complexity index is 1160. The van der Waals surface area contributed by atoms with Crippen LogP contribution >= 0.6 is 22.9 Å². The molecule has 0 saturated heterocycles. The van der Waals surface area contributed by atoms with Crippen LogP contribution in [0.3, 0.4) is 0 Å². The number of carbonyl (C=O) groups excluding carboxylic acids is 2. The van der Waals surface area contributed by atoms with Crippen LogP contribution in [0.25, 0.3) is 0 Å². The molecule has 2 amide bonds. The maximum Gasteiger partial charge on any atom is 0.254 e. The van der Waals surface area contributed by atoms with Crippen LogP contribution in [0.4, 0.5) is 0 Å². The van der Waals surface area contributed by atoms with Gasteiger partial charge in [-0.05, 0) is 53.4 Å². The molecule has 0 aliphatic carbocycles. The molecule has 0 radical (unpaired) electrons. The number of furan rings is 1. The number of halogens is 1. The van der Waals surface area contributed by atoms with E-state index in [1.807, 2.05) is 47.8 Å². The van der Waals surface area contributed by atoms with Crippen molar-refractivity contribution in [1.82, 2.24) is 9.80 Å². The van der Waals surface area contributed by atoms with Gasteiger partial charge in [0.15, 0.2) is 0 Å². The number of benzene rings is 2. The van der Waals surface area contributed by atoms with Gasteiger partial charge in [0.1, 0.15) is 12.3 Å². The van der Waals surface area contributed by atoms with Gasteiger partial charge >= 0.3 is 0 Å². The van der Waals surface area contributed by atoms with E-state index in [1.54, 1.807) is 58.9 Å². The van der Waals surface area contributed by atoms with E-state index in [-0.39, 0.29) is 24.9 Å². The highest BCUT2D eigenvalue weighted by Crippen LogP contribution is 2.18. The highest BCUT2D eigenvalue weighted by Gasteiger charge is 2.24. The van der Waals surface area contributed by atoms with Crippen molar-refractivity contribution in [1.29, 1.82) is 0 Å². The molecule has 0 fully saturated rings. The maximum absolute atomic E-state index is 13.5. The van der Waals surface area contributed by atoms with Gasteiger partial charge in [0.05, 0.1) is 19.4 Å². The van der Waals surface area contributed by atoms with Crippen molar-refractivity contribution in [3.63, 3.8) is 0 Å². The summed E-state index contributed by atoms with van der Waals surface area (Å²) in [6, 6.07) is 24.0. The third-order valence-electron chi connectivity index (χ3n) is 5.13. The molecule has 168 valence electrons. The predicted molar refractivity (Wildman–Crippen MR) is 130 cm³/mol. The summed E-state index contributed by atoms with van der Waals surface area (Å²) >= 11 is 7.59. The molecule has 2 aromatic carbocycles. The van der Waals surface area contributed by atoms with Gasteiger partial charge in [0, 0.05) is 22.0 Å². The first kappa shape index (κ1) is 22.8. The average molecular weight is 479 g/mol. The van der Waals surface area contributed by atoms with E-state index in [0.29, 0.717) is 29.4 Å². The summed E-state index contributed by atoms with van der Waals surface area (Å²) < 4.78 is 5.45. The Morgan fingerprint density at radius 3 is 2.27 bits per heavy atom. The lowest BCUT2D eigenvalue weighted by Crippen LogP contribution is -2.42. The fourth-order valence-corrected chi connectivity index (χ4v) is 4.30. The minimum Gasteiger partial charge on any atom is -0.467 e. The molecule has 33 heavy (non-hydrogen) atoms. The first-order valence-electron chi connectivity index (χ1n) is 10.5. The molecule has 2 aromatic heterocycles. The lowest BCUT2D eigenvalue weighted by Gasteiger charge is -2.27. The minimum absolute atomic E-state index is 0.0691. The van der Waals surface area contributed by atoms with Gasteiger partial charge in [-0.2, -0.15) is 0 Å². The van der Waals surface area contributed by atoms with Crippen molar-refractivity contribution in [2.45, 2.75) is 19.6 Å². The average Bonchev–Trinajstić information content (AvgIpc) is 3.53. The second-order valence-electron chi connectivity index (χ2n) is 7.56. The molecule has 7 heteroatoms. The molecule has 0 unspecified atom stereocenters. The molecule has 0 saturated carbocycles. The van der Waals surface area contributed by atoms with E-state index in [1.165, 1.54) is 4.90 Å². The SMILES string of the molecule is O=C(CN(Cc1ccco1)C(=O)c1ccc(Cl)cc1)N(Cc1ccccc1)Cc1cccs1. The van der Waals surface area contributed by atoms with Gasteiger partial charge < -0.3 is 14.2 Å². The van der Waals surface area contributed by atoms with Crippen LogP contribution in [0.1, 0.15) is 26.6 Å². The highest BCUT2D eigenvalue weighted by molar-refractivity contribution is 7.09. The zero-order chi connectivity index (χ0) is 23.0. The van der Waals surface area contributed by atoms with Crippen LogP contribution in [0.5, 0.6) is 0 Å². The molecule has 0 atom stereocenters. The number of hydrogen-bond acceptors (Lipinski definition) is 4. The first-order valence-corrected chi connectivity index (χ1v) is 11.8. The summed E-state index contributed by atoms with van der Waals surface area (Å²) in [4.78, 5) is 31.2. The van der Waals surface area contributed by atoms with E-state index in [4.69, 9.17) is 16.0 Å². The number of amides is 2. The molecule has 5 nitrogen and oxygen atoms in total. The second-order valence-corrected chi connectivity index (χ2v) is 9.03. The van der Waals surface area contributed by atoms with Gasteiger partial charge in [-0.3, -0.25) is 9.59 Å². The van der Waals surface area contributed by atoms with Crippen molar-refractivity contribution < 1.29 is 14.0 Å². The molecule has 2 heterocycles. The summed E-state index contributed by atoms with van der Waals surface area (Å²) in [6.07, 6.45) is 1.56. The normalized spacial score (nSPS) is 10.7. The van der Waals surface area contributed by atoms with Crippen LogP contribution in [0.2, 0.25) is 5.02 Å². The van der Waals surface area contributed by atoms with Crippen molar-refractivity contribution in [3.8, 4) is 0 Å². The molecular formula is C26H23ClN2O3S. The van der Waals surface area contributed by atoms with E-state index in [9.17, 15) is 9.59 Å². The summed E-state index contributed by atoms with van der Waals surface area (Å²) in [6.45, 7) is 1.06. The minimum atomic E-state index is -0.257. The van der Waals surface area contributed by atoms with E-state index >= 15 is 0 Å².